The molecule has 1 fully saturated rings. The lowest BCUT2D eigenvalue weighted by Gasteiger charge is -2.36. The topological polar surface area (TPSA) is 45.6 Å². The molecule has 1 N–H and O–H groups in total. The van der Waals surface area contributed by atoms with Crippen molar-refractivity contribution in [3.8, 4) is 5.75 Å². The van der Waals surface area contributed by atoms with E-state index in [4.69, 9.17) is 22.1 Å². The lowest BCUT2D eigenvalue weighted by molar-refractivity contribution is 0.177. The number of rotatable bonds is 6. The predicted molar refractivity (Wildman–Crippen MR) is 138 cm³/mol. The minimum Gasteiger partial charge on any atom is -0.497 e. The third-order valence-corrected chi connectivity index (χ3v) is 6.75. The molecule has 7 heteroatoms. The molecule has 1 aliphatic rings. The number of methoxy groups -OCH3 is 1. The number of aryl methyl sites for hydroxylation is 2. The minimum atomic E-state index is 0.761. The number of aromatic nitrogens is 2. The maximum atomic E-state index is 5.78. The zero-order valence-electron chi connectivity index (χ0n) is 20.0. The van der Waals surface area contributed by atoms with Crippen LogP contribution in [0.25, 0.3) is 0 Å². The fourth-order valence-corrected chi connectivity index (χ4v) is 4.59. The number of piperazine rings is 1. The first kappa shape index (κ1) is 23.3. The molecule has 0 atom stereocenters. The summed E-state index contributed by atoms with van der Waals surface area (Å²) in [5.41, 5.74) is 6.93. The molecule has 4 rings (SSSR count). The highest BCUT2D eigenvalue weighted by Gasteiger charge is 2.21. The van der Waals surface area contributed by atoms with Gasteiger partial charge in [-0.3, -0.25) is 9.58 Å². The van der Waals surface area contributed by atoms with Crippen LogP contribution in [0.1, 0.15) is 28.1 Å². The number of thiocarbonyl (C=S) groups is 1. The van der Waals surface area contributed by atoms with Crippen molar-refractivity contribution in [1.82, 2.24) is 19.6 Å². The molecule has 1 aliphatic heterocycles. The lowest BCUT2D eigenvalue weighted by Crippen LogP contribution is -2.49. The Bertz CT molecular complexity index is 1120. The summed E-state index contributed by atoms with van der Waals surface area (Å²) in [4.78, 5) is 4.72. The van der Waals surface area contributed by atoms with Crippen LogP contribution < -0.4 is 10.1 Å². The highest BCUT2D eigenvalue weighted by Crippen LogP contribution is 2.22. The average molecular weight is 464 g/mol. The summed E-state index contributed by atoms with van der Waals surface area (Å²) in [7, 11) is 1.71. The van der Waals surface area contributed by atoms with Crippen LogP contribution in [0.5, 0.6) is 5.75 Å². The molecule has 6 nitrogen and oxygen atoms in total. The monoisotopic (exact) mass is 463 g/mol. The number of hydrogen-bond acceptors (Lipinski definition) is 4. The van der Waals surface area contributed by atoms with E-state index in [1.54, 1.807) is 7.11 Å². The summed E-state index contributed by atoms with van der Waals surface area (Å²) in [5.74, 6) is 0.908. The first-order chi connectivity index (χ1) is 15.9. The van der Waals surface area contributed by atoms with Crippen molar-refractivity contribution in [2.45, 2.75) is 33.9 Å². The summed E-state index contributed by atoms with van der Waals surface area (Å²) in [6.45, 7) is 11.7. The molecular formula is C26H33N5OS. The van der Waals surface area contributed by atoms with Gasteiger partial charge in [0.25, 0.3) is 0 Å². The van der Waals surface area contributed by atoms with Crippen LogP contribution in [-0.2, 0) is 13.1 Å². The lowest BCUT2D eigenvalue weighted by atomic mass is 10.1. The zero-order chi connectivity index (χ0) is 23.4. The van der Waals surface area contributed by atoms with E-state index in [0.717, 1.165) is 67.2 Å². The smallest absolute Gasteiger partial charge is 0.173 e. The molecule has 0 saturated carbocycles. The Morgan fingerprint density at radius 3 is 2.48 bits per heavy atom. The van der Waals surface area contributed by atoms with Gasteiger partial charge in [0, 0.05) is 32.7 Å². The standard InChI is InChI=1S/C26H33N5OS/c1-19-8-5-6-10-23(19)18-31-21(3)25(20(2)28-31)27-26(33)30-14-12-29(13-15-30)17-22-9-7-11-24(16-22)32-4/h5-11,16H,12-15,17-18H2,1-4H3,(H,27,33). The van der Waals surface area contributed by atoms with E-state index in [1.165, 1.54) is 16.7 Å². The molecule has 0 radical (unpaired) electrons. The van der Waals surface area contributed by atoms with Gasteiger partial charge in [-0.1, -0.05) is 36.4 Å². The number of benzene rings is 2. The third kappa shape index (κ3) is 5.54. The molecule has 1 aromatic heterocycles. The van der Waals surface area contributed by atoms with Crippen LogP contribution in [0, 0.1) is 20.8 Å². The van der Waals surface area contributed by atoms with Crippen LogP contribution in [0.15, 0.2) is 48.5 Å². The van der Waals surface area contributed by atoms with Crippen molar-refractivity contribution in [3.05, 3.63) is 76.6 Å². The van der Waals surface area contributed by atoms with Gasteiger partial charge in [-0.25, -0.2) is 0 Å². The molecule has 33 heavy (non-hydrogen) atoms. The van der Waals surface area contributed by atoms with Crippen molar-refractivity contribution >= 4 is 23.0 Å². The van der Waals surface area contributed by atoms with Gasteiger partial charge in [-0.15, -0.1) is 0 Å². The quantitative estimate of drug-likeness (QED) is 0.548. The predicted octanol–water partition coefficient (Wildman–Crippen LogP) is 4.38. The Labute approximate surface area is 202 Å². The van der Waals surface area contributed by atoms with Gasteiger partial charge in [0.2, 0.25) is 0 Å². The normalized spacial score (nSPS) is 14.4. The van der Waals surface area contributed by atoms with Crippen molar-refractivity contribution in [3.63, 3.8) is 0 Å². The second kappa shape index (κ2) is 10.4. The highest BCUT2D eigenvalue weighted by molar-refractivity contribution is 7.80. The van der Waals surface area contributed by atoms with Crippen LogP contribution in [0.4, 0.5) is 5.69 Å². The minimum absolute atomic E-state index is 0.761. The van der Waals surface area contributed by atoms with Gasteiger partial charge < -0.3 is 15.0 Å². The van der Waals surface area contributed by atoms with Crippen molar-refractivity contribution in [1.29, 1.82) is 0 Å². The van der Waals surface area contributed by atoms with Gasteiger partial charge in [0.15, 0.2) is 5.11 Å². The summed E-state index contributed by atoms with van der Waals surface area (Å²) in [6, 6.07) is 16.8. The average Bonchev–Trinajstić information content (AvgIpc) is 3.08. The van der Waals surface area contributed by atoms with Gasteiger partial charge in [0.05, 0.1) is 30.7 Å². The van der Waals surface area contributed by atoms with Gasteiger partial charge in [0.1, 0.15) is 5.75 Å². The van der Waals surface area contributed by atoms with Crippen LogP contribution >= 0.6 is 12.2 Å². The van der Waals surface area contributed by atoms with E-state index in [0.29, 0.717) is 0 Å². The Morgan fingerprint density at radius 1 is 1.00 bits per heavy atom. The molecule has 2 aromatic carbocycles. The van der Waals surface area contributed by atoms with Crippen LogP contribution in [0.3, 0.4) is 0 Å². The van der Waals surface area contributed by atoms with E-state index in [9.17, 15) is 0 Å². The summed E-state index contributed by atoms with van der Waals surface area (Å²) in [6.07, 6.45) is 0. The Kier molecular flexibility index (Phi) is 7.30. The SMILES string of the molecule is COc1cccc(CN2CCN(C(=S)Nc3c(C)nn(Cc4ccccc4C)c3C)CC2)c1. The van der Waals surface area contributed by atoms with Crippen molar-refractivity contribution < 1.29 is 4.74 Å². The van der Waals surface area contributed by atoms with Gasteiger partial charge in [-0.05, 0) is 61.8 Å². The first-order valence-electron chi connectivity index (χ1n) is 11.4. The molecule has 174 valence electrons. The summed E-state index contributed by atoms with van der Waals surface area (Å²) < 4.78 is 7.41. The van der Waals surface area contributed by atoms with E-state index in [-0.39, 0.29) is 0 Å². The van der Waals surface area contributed by atoms with Gasteiger partial charge in [-0.2, -0.15) is 5.10 Å². The van der Waals surface area contributed by atoms with Gasteiger partial charge >= 0.3 is 0 Å². The Hall–Kier alpha value is -2.90. The van der Waals surface area contributed by atoms with E-state index in [2.05, 4.69) is 70.0 Å². The highest BCUT2D eigenvalue weighted by atomic mass is 32.1. The molecule has 2 heterocycles. The number of anilines is 1. The fourth-order valence-electron chi connectivity index (χ4n) is 4.30. The molecule has 0 aliphatic carbocycles. The zero-order valence-corrected chi connectivity index (χ0v) is 20.8. The number of ether oxygens (including phenoxy) is 1. The number of hydrogen-bond donors (Lipinski definition) is 1. The first-order valence-corrected chi connectivity index (χ1v) is 11.8. The molecule has 0 amide bonds. The fraction of sp³-hybridized carbons (Fsp3) is 0.385. The van der Waals surface area contributed by atoms with E-state index < -0.39 is 0 Å². The summed E-state index contributed by atoms with van der Waals surface area (Å²) >= 11 is 5.78. The van der Waals surface area contributed by atoms with E-state index >= 15 is 0 Å². The van der Waals surface area contributed by atoms with E-state index in [1.807, 2.05) is 19.1 Å². The summed E-state index contributed by atoms with van der Waals surface area (Å²) in [5, 5.41) is 9.04. The Balaban J connectivity index is 1.34. The second-order valence-electron chi connectivity index (χ2n) is 8.67. The van der Waals surface area contributed by atoms with Crippen molar-refractivity contribution in [2.24, 2.45) is 0 Å². The van der Waals surface area contributed by atoms with Crippen molar-refractivity contribution in [2.75, 3.05) is 38.6 Å². The molecule has 0 spiro atoms. The van der Waals surface area contributed by atoms with Crippen LogP contribution in [0.2, 0.25) is 0 Å². The molecule has 3 aromatic rings. The maximum absolute atomic E-state index is 5.78. The largest absolute Gasteiger partial charge is 0.497 e. The molecule has 0 bridgehead atoms. The van der Waals surface area contributed by atoms with Crippen LogP contribution in [-0.4, -0.2) is 58.0 Å². The molecule has 1 saturated heterocycles. The maximum Gasteiger partial charge on any atom is 0.173 e. The molecule has 0 unspecified atom stereocenters. The Morgan fingerprint density at radius 2 is 1.76 bits per heavy atom. The third-order valence-electron chi connectivity index (χ3n) is 6.39. The number of nitrogens with one attached hydrogen (secondary N) is 1. The molecular weight excluding hydrogens is 430 g/mol. The number of nitrogens with zero attached hydrogens (tertiary/aromatic N) is 4. The second-order valence-corrected chi connectivity index (χ2v) is 9.06.